The van der Waals surface area contributed by atoms with E-state index in [1.165, 1.54) is 11.3 Å². The van der Waals surface area contributed by atoms with Gasteiger partial charge in [-0.3, -0.25) is 14.4 Å². The monoisotopic (exact) mass is 360 g/mol. The van der Waals surface area contributed by atoms with Crippen LogP contribution in [0.2, 0.25) is 5.02 Å². The predicted molar refractivity (Wildman–Crippen MR) is 97.2 cm³/mol. The van der Waals surface area contributed by atoms with Crippen LogP contribution in [-0.4, -0.2) is 20.7 Å². The second-order valence-corrected chi connectivity index (χ2v) is 6.69. The predicted octanol–water partition coefficient (Wildman–Crippen LogP) is 4.28. The lowest BCUT2D eigenvalue weighted by molar-refractivity contribution is -0.118. The summed E-state index contributed by atoms with van der Waals surface area (Å²) in [6, 6.07) is 9.50. The van der Waals surface area contributed by atoms with Crippen molar-refractivity contribution in [3.05, 3.63) is 57.8 Å². The van der Waals surface area contributed by atoms with Crippen molar-refractivity contribution in [2.24, 2.45) is 0 Å². The normalized spacial score (nSPS) is 10.8. The minimum absolute atomic E-state index is 0.104. The van der Waals surface area contributed by atoms with Crippen molar-refractivity contribution in [1.29, 1.82) is 0 Å². The van der Waals surface area contributed by atoms with E-state index >= 15 is 0 Å². The first-order valence-electron chi connectivity index (χ1n) is 7.47. The summed E-state index contributed by atoms with van der Waals surface area (Å²) < 4.78 is 1.64. The molecule has 0 unspecified atom stereocenters. The lowest BCUT2D eigenvalue weighted by Gasteiger charge is -2.20. The molecule has 3 rings (SSSR count). The summed E-state index contributed by atoms with van der Waals surface area (Å²) >= 11 is 7.62. The Labute approximate surface area is 149 Å². The van der Waals surface area contributed by atoms with Gasteiger partial charge in [-0.05, 0) is 32.9 Å². The highest BCUT2D eigenvalue weighted by Gasteiger charge is 2.22. The number of hydrogen-bond donors (Lipinski definition) is 0. The molecule has 0 fully saturated rings. The number of nitrogens with zero attached hydrogens (tertiary/aromatic N) is 4. The topological polar surface area (TPSA) is 51.0 Å². The SMILES string of the molecule is Cc1csc(N(C(=O)Cn2nc(C)c(Cl)c2C)c2ccccc2)n1. The van der Waals surface area contributed by atoms with Gasteiger partial charge in [0, 0.05) is 5.38 Å². The largest absolute Gasteiger partial charge is 0.272 e. The molecule has 1 amide bonds. The van der Waals surface area contributed by atoms with E-state index in [1.807, 2.05) is 56.5 Å². The van der Waals surface area contributed by atoms with Crippen molar-refractivity contribution in [2.75, 3.05) is 4.90 Å². The minimum Gasteiger partial charge on any atom is -0.272 e. The zero-order valence-electron chi connectivity index (χ0n) is 13.7. The smallest absolute Gasteiger partial charge is 0.255 e. The van der Waals surface area contributed by atoms with Crippen LogP contribution < -0.4 is 4.90 Å². The lowest BCUT2D eigenvalue weighted by atomic mass is 10.3. The number of aromatic nitrogens is 3. The van der Waals surface area contributed by atoms with Crippen LogP contribution in [0.5, 0.6) is 0 Å². The van der Waals surface area contributed by atoms with Gasteiger partial charge in [-0.15, -0.1) is 11.3 Å². The number of anilines is 2. The Hall–Kier alpha value is -2.18. The second-order valence-electron chi connectivity index (χ2n) is 5.48. The molecule has 2 aromatic heterocycles. The number of carbonyl (C=O) groups excluding carboxylic acids is 1. The van der Waals surface area contributed by atoms with Crippen molar-refractivity contribution in [2.45, 2.75) is 27.3 Å². The number of halogens is 1. The molecule has 0 aliphatic carbocycles. The highest BCUT2D eigenvalue weighted by molar-refractivity contribution is 7.14. The van der Waals surface area contributed by atoms with E-state index in [4.69, 9.17) is 11.6 Å². The maximum atomic E-state index is 13.0. The summed E-state index contributed by atoms with van der Waals surface area (Å²) in [5, 5.41) is 7.52. The maximum absolute atomic E-state index is 13.0. The first kappa shape index (κ1) is 16.7. The van der Waals surface area contributed by atoms with Gasteiger partial charge in [-0.2, -0.15) is 5.10 Å². The van der Waals surface area contributed by atoms with Crippen molar-refractivity contribution in [1.82, 2.24) is 14.8 Å². The van der Waals surface area contributed by atoms with Crippen LogP contribution in [0.4, 0.5) is 10.8 Å². The van der Waals surface area contributed by atoms with Gasteiger partial charge in [0.1, 0.15) is 6.54 Å². The van der Waals surface area contributed by atoms with Crippen LogP contribution in [0, 0.1) is 20.8 Å². The Morgan fingerprint density at radius 3 is 2.50 bits per heavy atom. The Bertz CT molecular complexity index is 872. The van der Waals surface area contributed by atoms with Gasteiger partial charge in [0.2, 0.25) is 0 Å². The number of rotatable bonds is 4. The number of carbonyl (C=O) groups is 1. The highest BCUT2D eigenvalue weighted by Crippen LogP contribution is 2.29. The number of thiazole rings is 1. The second kappa shape index (κ2) is 6.75. The van der Waals surface area contributed by atoms with Crippen LogP contribution >= 0.6 is 22.9 Å². The molecule has 7 heteroatoms. The van der Waals surface area contributed by atoms with Crippen LogP contribution in [-0.2, 0) is 11.3 Å². The fraction of sp³-hybridized carbons (Fsp3) is 0.235. The molecule has 24 heavy (non-hydrogen) atoms. The molecular weight excluding hydrogens is 344 g/mol. The standard InChI is InChI=1S/C17H17ClN4OS/c1-11-10-24-17(19-11)22(14-7-5-4-6-8-14)15(23)9-21-13(3)16(18)12(2)20-21/h4-8,10H,9H2,1-3H3. The summed E-state index contributed by atoms with van der Waals surface area (Å²) in [6.07, 6.45) is 0. The molecule has 2 heterocycles. The summed E-state index contributed by atoms with van der Waals surface area (Å²) in [7, 11) is 0. The summed E-state index contributed by atoms with van der Waals surface area (Å²) in [6.45, 7) is 5.70. The van der Waals surface area contributed by atoms with E-state index in [1.54, 1.807) is 9.58 Å². The fourth-order valence-electron chi connectivity index (χ4n) is 2.41. The third kappa shape index (κ3) is 3.20. The van der Waals surface area contributed by atoms with Gasteiger partial charge in [0.15, 0.2) is 5.13 Å². The van der Waals surface area contributed by atoms with E-state index in [-0.39, 0.29) is 12.5 Å². The van der Waals surface area contributed by atoms with Gasteiger partial charge in [-0.25, -0.2) is 4.98 Å². The van der Waals surface area contributed by atoms with Crippen LogP contribution in [0.1, 0.15) is 17.1 Å². The number of amides is 1. The van der Waals surface area contributed by atoms with Crippen LogP contribution in [0.15, 0.2) is 35.7 Å². The fourth-order valence-corrected chi connectivity index (χ4v) is 3.38. The number of aryl methyl sites for hydroxylation is 2. The molecule has 124 valence electrons. The Morgan fingerprint density at radius 2 is 1.96 bits per heavy atom. The van der Waals surface area contributed by atoms with E-state index in [9.17, 15) is 4.79 Å². The molecule has 0 aliphatic rings. The first-order chi connectivity index (χ1) is 11.5. The lowest BCUT2D eigenvalue weighted by Crippen LogP contribution is -2.30. The Kier molecular flexibility index (Phi) is 4.69. The van der Waals surface area contributed by atoms with Gasteiger partial charge in [0.25, 0.3) is 5.91 Å². The molecule has 0 atom stereocenters. The van der Waals surface area contributed by atoms with Crippen LogP contribution in [0.3, 0.4) is 0 Å². The number of para-hydroxylation sites is 1. The zero-order chi connectivity index (χ0) is 17.3. The van der Waals surface area contributed by atoms with Gasteiger partial charge in [-0.1, -0.05) is 29.8 Å². The van der Waals surface area contributed by atoms with Crippen molar-refractivity contribution in [3.63, 3.8) is 0 Å². The molecule has 0 saturated carbocycles. The quantitative estimate of drug-likeness (QED) is 0.697. The third-order valence-electron chi connectivity index (χ3n) is 3.64. The molecule has 0 aliphatic heterocycles. The Morgan fingerprint density at radius 1 is 1.25 bits per heavy atom. The third-order valence-corrected chi connectivity index (χ3v) is 5.13. The van der Waals surface area contributed by atoms with E-state index in [0.717, 1.165) is 22.8 Å². The Balaban J connectivity index is 1.96. The number of hydrogen-bond acceptors (Lipinski definition) is 4. The molecule has 0 N–H and O–H groups in total. The van der Waals surface area contributed by atoms with Crippen molar-refractivity contribution in [3.8, 4) is 0 Å². The van der Waals surface area contributed by atoms with E-state index < -0.39 is 0 Å². The molecule has 0 spiro atoms. The molecular formula is C17H17ClN4OS. The van der Waals surface area contributed by atoms with Gasteiger partial charge < -0.3 is 0 Å². The molecule has 0 saturated heterocycles. The molecule has 0 radical (unpaired) electrons. The molecule has 5 nitrogen and oxygen atoms in total. The number of benzene rings is 1. The van der Waals surface area contributed by atoms with E-state index in [0.29, 0.717) is 10.2 Å². The highest BCUT2D eigenvalue weighted by atomic mass is 35.5. The van der Waals surface area contributed by atoms with Gasteiger partial charge in [0.05, 0.1) is 27.8 Å². The minimum atomic E-state index is -0.113. The summed E-state index contributed by atoms with van der Waals surface area (Å²) in [5.74, 6) is -0.113. The average molecular weight is 361 g/mol. The molecule has 1 aromatic carbocycles. The first-order valence-corrected chi connectivity index (χ1v) is 8.72. The van der Waals surface area contributed by atoms with E-state index in [2.05, 4.69) is 10.1 Å². The maximum Gasteiger partial charge on any atom is 0.255 e. The molecule has 3 aromatic rings. The van der Waals surface area contributed by atoms with Gasteiger partial charge >= 0.3 is 0 Å². The van der Waals surface area contributed by atoms with Crippen LogP contribution in [0.25, 0.3) is 0 Å². The summed E-state index contributed by atoms with van der Waals surface area (Å²) in [4.78, 5) is 19.1. The molecule has 0 bridgehead atoms. The van der Waals surface area contributed by atoms with Crippen molar-refractivity contribution >= 4 is 39.7 Å². The summed E-state index contributed by atoms with van der Waals surface area (Å²) in [5.41, 5.74) is 3.17. The zero-order valence-corrected chi connectivity index (χ0v) is 15.2. The average Bonchev–Trinajstić information content (AvgIpc) is 3.08. The van der Waals surface area contributed by atoms with Crippen molar-refractivity contribution < 1.29 is 4.79 Å².